The van der Waals surface area contributed by atoms with Crippen LogP contribution in [0.4, 0.5) is 4.79 Å². The molecule has 0 spiro atoms. The summed E-state index contributed by atoms with van der Waals surface area (Å²) in [5, 5.41) is 22.0. The van der Waals surface area contributed by atoms with E-state index >= 15 is 0 Å². The quantitative estimate of drug-likeness (QED) is 0.273. The van der Waals surface area contributed by atoms with Crippen molar-refractivity contribution in [1.29, 1.82) is 0 Å². The maximum Gasteiger partial charge on any atom is 0.431 e. The van der Waals surface area contributed by atoms with E-state index in [1.54, 1.807) is 35.5 Å². The molecule has 1 amide bonds. The predicted octanol–water partition coefficient (Wildman–Crippen LogP) is 4.90. The van der Waals surface area contributed by atoms with Gasteiger partial charge >= 0.3 is 12.1 Å². The average Bonchev–Trinajstić information content (AvgIpc) is 3.72. The summed E-state index contributed by atoms with van der Waals surface area (Å²) in [5.74, 6) is -3.63. The van der Waals surface area contributed by atoms with Crippen molar-refractivity contribution in [3.05, 3.63) is 22.4 Å². The Kier molecular flexibility index (Phi) is 12.5. The number of methoxy groups -OCH3 is 1. The Bertz CT molecular complexity index is 1460. The number of fused-ring (bicyclic) bond motifs is 1. The fourth-order valence-corrected chi connectivity index (χ4v) is 9.72. The van der Waals surface area contributed by atoms with Crippen LogP contribution in [0.3, 0.4) is 0 Å². The molecule has 13 atom stereocenters. The number of esters is 1. The monoisotopic (exact) mass is 748 g/mol. The van der Waals surface area contributed by atoms with E-state index in [9.17, 15) is 19.5 Å². The van der Waals surface area contributed by atoms with Gasteiger partial charge in [-0.25, -0.2) is 4.79 Å². The number of hydrazine groups is 1. The lowest BCUT2D eigenvalue weighted by Crippen LogP contribution is -2.63. The van der Waals surface area contributed by atoms with Crippen molar-refractivity contribution in [2.75, 3.05) is 27.7 Å². The smallest absolute Gasteiger partial charge is 0.431 e. The zero-order valence-corrected chi connectivity index (χ0v) is 33.6. The number of amides is 1. The average molecular weight is 749 g/mol. The summed E-state index contributed by atoms with van der Waals surface area (Å²) >= 11 is 1.70. The van der Waals surface area contributed by atoms with Gasteiger partial charge in [-0.1, -0.05) is 33.8 Å². The number of thiophene rings is 1. The molecule has 0 radical (unpaired) electrons. The molecule has 4 aliphatic rings. The van der Waals surface area contributed by atoms with Crippen molar-refractivity contribution in [2.45, 2.75) is 141 Å². The Morgan fingerprint density at radius 3 is 2.44 bits per heavy atom. The molecule has 5 rings (SSSR count). The first-order valence-corrected chi connectivity index (χ1v) is 19.7. The van der Waals surface area contributed by atoms with E-state index in [0.717, 1.165) is 18.6 Å². The van der Waals surface area contributed by atoms with Gasteiger partial charge in [0.05, 0.1) is 24.4 Å². The lowest BCUT2D eigenvalue weighted by Gasteiger charge is -2.49. The zero-order valence-electron chi connectivity index (χ0n) is 32.7. The number of ketones is 1. The molecule has 1 N–H and O–H groups in total. The highest BCUT2D eigenvalue weighted by Crippen LogP contribution is 2.45. The number of hydrogen-bond donors (Lipinski definition) is 1. The molecule has 3 fully saturated rings. The summed E-state index contributed by atoms with van der Waals surface area (Å²) in [5.41, 5.74) is -1.50. The SMILES string of the molecule is CC[C@H]1OC(=O)[C@H](C)C(=O)[C@H](C)[C@@H](O[C@H]2O[C@@H](C)C[C@@H](N(C)C)[C@@H]2O)C(C)(OC)C[C@@H](C)C2=NN(CCCc3cccs3)N3C(=O)O[C@@]1(C)[C@H]3[C@H]2C. The molecule has 4 aliphatic heterocycles. The summed E-state index contributed by atoms with van der Waals surface area (Å²) in [6, 6.07) is 3.35. The first kappa shape index (κ1) is 40.6. The van der Waals surface area contributed by atoms with E-state index in [2.05, 4.69) is 18.4 Å². The van der Waals surface area contributed by atoms with Gasteiger partial charge in [-0.3, -0.25) is 9.59 Å². The number of aliphatic hydroxyl groups excluding tert-OH is 1. The normalized spacial score (nSPS) is 40.4. The Morgan fingerprint density at radius 1 is 1.12 bits per heavy atom. The summed E-state index contributed by atoms with van der Waals surface area (Å²) in [6.45, 7) is 15.4. The number of Topliss-reactive ketones (excluding diaryl/α,β-unsaturated/α-hetero) is 1. The second-order valence-corrected chi connectivity index (χ2v) is 17.0. The van der Waals surface area contributed by atoms with E-state index in [4.69, 9.17) is 28.8 Å². The topological polar surface area (TPSA) is 140 Å². The molecular weight excluding hydrogens is 689 g/mol. The Labute approximate surface area is 312 Å². The van der Waals surface area contributed by atoms with Crippen LogP contribution in [0.1, 0.15) is 86.0 Å². The van der Waals surface area contributed by atoms with Gasteiger partial charge in [-0.2, -0.15) is 15.2 Å². The number of hydrazone groups is 1. The Balaban J connectivity index is 1.58. The number of aliphatic hydroxyl groups is 1. The van der Waals surface area contributed by atoms with Gasteiger partial charge in [0.25, 0.3) is 0 Å². The van der Waals surface area contributed by atoms with Gasteiger partial charge in [-0.05, 0) is 91.3 Å². The van der Waals surface area contributed by atoms with Crippen LogP contribution in [0.25, 0.3) is 0 Å². The first-order valence-electron chi connectivity index (χ1n) is 18.8. The molecule has 13 nitrogen and oxygen atoms in total. The number of aryl methyl sites for hydroxylation is 1. The lowest BCUT2D eigenvalue weighted by molar-refractivity contribution is -0.295. The highest BCUT2D eigenvalue weighted by Gasteiger charge is 2.63. The van der Waals surface area contributed by atoms with Crippen LogP contribution in [0, 0.1) is 23.7 Å². The van der Waals surface area contributed by atoms with Gasteiger partial charge in [-0.15, -0.1) is 11.3 Å². The van der Waals surface area contributed by atoms with Crippen molar-refractivity contribution in [1.82, 2.24) is 15.0 Å². The van der Waals surface area contributed by atoms with Gasteiger partial charge in [0.1, 0.15) is 24.2 Å². The maximum absolute atomic E-state index is 14.3. The third-order valence-corrected chi connectivity index (χ3v) is 12.9. The highest BCUT2D eigenvalue weighted by molar-refractivity contribution is 7.09. The second-order valence-electron chi connectivity index (χ2n) is 15.9. The summed E-state index contributed by atoms with van der Waals surface area (Å²) in [6.07, 6.45) is -1.64. The third kappa shape index (κ3) is 7.66. The number of hydrogen-bond acceptors (Lipinski definition) is 13. The molecule has 52 heavy (non-hydrogen) atoms. The van der Waals surface area contributed by atoms with Gasteiger partial charge in [0, 0.05) is 35.6 Å². The maximum atomic E-state index is 14.3. The number of likely N-dealkylation sites (N-methyl/N-ethyl adjacent to an activating group) is 1. The van der Waals surface area contributed by atoms with Crippen LogP contribution in [0.5, 0.6) is 0 Å². The number of rotatable bonds is 9. The molecular formula is C38H60N4O9S. The van der Waals surface area contributed by atoms with Crippen LogP contribution >= 0.6 is 11.3 Å². The van der Waals surface area contributed by atoms with Crippen LogP contribution < -0.4 is 0 Å². The van der Waals surface area contributed by atoms with E-state index in [0.29, 0.717) is 25.8 Å². The molecule has 14 heteroatoms. The summed E-state index contributed by atoms with van der Waals surface area (Å²) < 4.78 is 31.6. The number of nitrogens with zero attached hydrogens (tertiary/aromatic N) is 4. The second kappa shape index (κ2) is 16.0. The minimum absolute atomic E-state index is 0.213. The summed E-state index contributed by atoms with van der Waals surface area (Å²) in [7, 11) is 5.39. The largest absolute Gasteiger partial charge is 0.457 e. The van der Waals surface area contributed by atoms with E-state index in [1.165, 1.54) is 11.8 Å². The van der Waals surface area contributed by atoms with E-state index in [-0.39, 0.29) is 24.0 Å². The van der Waals surface area contributed by atoms with Crippen LogP contribution in [-0.2, 0) is 39.7 Å². The van der Waals surface area contributed by atoms with Crippen LogP contribution in [-0.4, -0.2) is 125 Å². The molecule has 5 heterocycles. The molecule has 292 valence electrons. The Morgan fingerprint density at radius 2 is 1.83 bits per heavy atom. The van der Waals surface area contributed by atoms with Crippen molar-refractivity contribution >= 4 is 34.9 Å². The number of carbonyl (C=O) groups excluding carboxylic acids is 3. The van der Waals surface area contributed by atoms with E-state index < -0.39 is 71.5 Å². The van der Waals surface area contributed by atoms with Gasteiger partial charge in [0.15, 0.2) is 17.7 Å². The number of cyclic esters (lactones) is 1. The molecule has 0 aliphatic carbocycles. The standard InChI is InChI=1S/C38H60N4O9S/c1-12-28-38(8)32-23(4)29(39-41(42(32)36(46)51-38)17-13-15-26-16-14-18-52-26)21(2)20-37(7,47-11)33(24(5)30(43)25(6)34(45)49-28)50-35-31(44)27(40(9)10)19-22(3)48-35/h14,16,18,21-25,27-28,31-33,35,44H,12-13,15,17,19-20H2,1-11H3/t21-,22+,23+,24+,25-,27-,28-,31+,32-,33-,35-,37?,38-/m1/s1. The van der Waals surface area contributed by atoms with Crippen molar-refractivity contribution in [2.24, 2.45) is 28.8 Å². The minimum Gasteiger partial charge on any atom is -0.457 e. The first-order chi connectivity index (χ1) is 24.5. The lowest BCUT2D eigenvalue weighted by atomic mass is 9.73. The molecule has 3 saturated heterocycles. The zero-order chi connectivity index (χ0) is 38.3. The number of carbonyl (C=O) groups is 3. The molecule has 0 aromatic carbocycles. The van der Waals surface area contributed by atoms with Crippen molar-refractivity contribution < 1.29 is 43.2 Å². The van der Waals surface area contributed by atoms with E-state index in [1.807, 2.05) is 59.7 Å². The van der Waals surface area contributed by atoms with Crippen molar-refractivity contribution in [3.8, 4) is 0 Å². The minimum atomic E-state index is -1.23. The van der Waals surface area contributed by atoms with Gasteiger partial charge < -0.3 is 33.7 Å². The fourth-order valence-electron chi connectivity index (χ4n) is 8.97. The van der Waals surface area contributed by atoms with Crippen LogP contribution in [0.15, 0.2) is 22.6 Å². The third-order valence-electron chi connectivity index (χ3n) is 11.9. The fraction of sp³-hybridized carbons (Fsp3) is 0.789. The number of ether oxygens (including phenoxy) is 5. The molecule has 1 aromatic rings. The van der Waals surface area contributed by atoms with Gasteiger partial charge in [0.2, 0.25) is 0 Å². The molecule has 1 unspecified atom stereocenters. The Hall–Kier alpha value is -2.62. The molecule has 1 aromatic heterocycles. The summed E-state index contributed by atoms with van der Waals surface area (Å²) in [4.78, 5) is 45.2. The van der Waals surface area contributed by atoms with Crippen molar-refractivity contribution in [3.63, 3.8) is 0 Å². The molecule has 0 saturated carbocycles. The predicted molar refractivity (Wildman–Crippen MR) is 196 cm³/mol. The highest BCUT2D eigenvalue weighted by atomic mass is 32.1. The molecule has 2 bridgehead atoms. The van der Waals surface area contributed by atoms with Crippen LogP contribution in [0.2, 0.25) is 0 Å².